The highest BCUT2D eigenvalue weighted by Gasteiger charge is 2.10. The first-order valence-corrected chi connectivity index (χ1v) is 6.60. The predicted octanol–water partition coefficient (Wildman–Crippen LogP) is 1.37. The van der Waals surface area contributed by atoms with Gasteiger partial charge in [0.05, 0.1) is 0 Å². The van der Waals surface area contributed by atoms with Crippen LogP contribution in [0.2, 0.25) is 0 Å². The fraction of sp³-hybridized carbons (Fsp3) is 0.357. The summed E-state index contributed by atoms with van der Waals surface area (Å²) < 4.78 is 0. The fourth-order valence-corrected chi connectivity index (χ4v) is 1.85. The van der Waals surface area contributed by atoms with E-state index in [-0.39, 0.29) is 11.7 Å². The van der Waals surface area contributed by atoms with Gasteiger partial charge in [0, 0.05) is 25.8 Å². The summed E-state index contributed by atoms with van der Waals surface area (Å²) in [5, 5.41) is 9.28. The summed E-state index contributed by atoms with van der Waals surface area (Å²) >= 11 is 0. The molecular formula is C14H19N5O. The molecule has 1 amide bonds. The van der Waals surface area contributed by atoms with Gasteiger partial charge in [0.15, 0.2) is 0 Å². The van der Waals surface area contributed by atoms with E-state index in [9.17, 15) is 4.79 Å². The smallest absolute Gasteiger partial charge is 0.290 e. The average molecular weight is 273 g/mol. The highest BCUT2D eigenvalue weighted by molar-refractivity contribution is 5.90. The Hall–Kier alpha value is -2.37. The second kappa shape index (κ2) is 6.70. The Labute approximate surface area is 118 Å². The number of aryl methyl sites for hydroxylation is 1. The minimum atomic E-state index is -0.239. The molecule has 6 heteroatoms. The second-order valence-electron chi connectivity index (χ2n) is 4.61. The molecule has 2 rings (SSSR count). The normalized spacial score (nSPS) is 10.3. The number of hydrogen-bond donors (Lipinski definition) is 2. The molecule has 0 spiro atoms. The number of hydrogen-bond acceptors (Lipinski definition) is 4. The zero-order chi connectivity index (χ0) is 14.4. The number of nitrogens with one attached hydrogen (secondary N) is 2. The molecule has 0 atom stereocenters. The van der Waals surface area contributed by atoms with Gasteiger partial charge in [0.1, 0.15) is 5.82 Å². The molecule has 2 aromatic rings. The molecule has 1 aromatic heterocycles. The van der Waals surface area contributed by atoms with Crippen molar-refractivity contribution in [2.75, 3.05) is 25.0 Å². The molecule has 0 saturated heterocycles. The van der Waals surface area contributed by atoms with Crippen LogP contribution in [0, 0.1) is 6.92 Å². The Balaban J connectivity index is 1.70. The van der Waals surface area contributed by atoms with Crippen molar-refractivity contribution in [1.29, 1.82) is 0 Å². The van der Waals surface area contributed by atoms with Gasteiger partial charge in [-0.25, -0.2) is 4.98 Å². The lowest BCUT2D eigenvalue weighted by Gasteiger charge is -2.18. The highest BCUT2D eigenvalue weighted by Crippen LogP contribution is 2.10. The number of rotatable bonds is 6. The lowest BCUT2D eigenvalue weighted by Crippen LogP contribution is -2.28. The number of carbonyl (C=O) groups excluding carboxylic acids is 1. The minimum Gasteiger partial charge on any atom is -0.375 e. The van der Waals surface area contributed by atoms with Crippen molar-refractivity contribution >= 4 is 11.6 Å². The molecule has 0 unspecified atom stereocenters. The molecule has 0 fully saturated rings. The third-order valence-corrected chi connectivity index (χ3v) is 2.95. The predicted molar refractivity (Wildman–Crippen MR) is 77.8 cm³/mol. The summed E-state index contributed by atoms with van der Waals surface area (Å²) in [6.07, 6.45) is 0.862. The number of carbonyl (C=O) groups is 1. The summed E-state index contributed by atoms with van der Waals surface area (Å²) in [6, 6.07) is 10.2. The maximum atomic E-state index is 11.7. The Morgan fingerprint density at radius 1 is 1.35 bits per heavy atom. The Kier molecular flexibility index (Phi) is 4.70. The van der Waals surface area contributed by atoms with E-state index in [1.54, 1.807) is 6.92 Å². The number of aromatic nitrogens is 3. The van der Waals surface area contributed by atoms with E-state index in [0.717, 1.165) is 13.0 Å². The largest absolute Gasteiger partial charge is 0.375 e. The van der Waals surface area contributed by atoms with Crippen molar-refractivity contribution in [3.05, 3.63) is 42.0 Å². The van der Waals surface area contributed by atoms with Crippen molar-refractivity contribution in [2.45, 2.75) is 13.3 Å². The zero-order valence-corrected chi connectivity index (χ0v) is 11.8. The van der Waals surface area contributed by atoms with Gasteiger partial charge in [0.2, 0.25) is 5.82 Å². The molecule has 1 aromatic carbocycles. The van der Waals surface area contributed by atoms with Crippen LogP contribution >= 0.6 is 0 Å². The van der Waals surface area contributed by atoms with Gasteiger partial charge in [0.25, 0.3) is 5.91 Å². The summed E-state index contributed by atoms with van der Waals surface area (Å²) in [5.74, 6) is 0.592. The van der Waals surface area contributed by atoms with E-state index in [0.29, 0.717) is 12.4 Å². The third kappa shape index (κ3) is 3.81. The van der Waals surface area contributed by atoms with Gasteiger partial charge < -0.3 is 10.2 Å². The molecule has 0 aliphatic heterocycles. The van der Waals surface area contributed by atoms with E-state index in [1.165, 1.54) is 5.69 Å². The van der Waals surface area contributed by atoms with Crippen LogP contribution in [0.25, 0.3) is 0 Å². The number of amides is 1. The molecular weight excluding hydrogens is 254 g/mol. The van der Waals surface area contributed by atoms with Crippen LogP contribution in [0.5, 0.6) is 0 Å². The van der Waals surface area contributed by atoms with Gasteiger partial charge in [-0.2, -0.15) is 0 Å². The van der Waals surface area contributed by atoms with Crippen molar-refractivity contribution in [1.82, 2.24) is 20.5 Å². The molecule has 106 valence electrons. The average Bonchev–Trinajstić information content (AvgIpc) is 2.91. The number of aromatic amines is 1. The van der Waals surface area contributed by atoms with E-state index < -0.39 is 0 Å². The molecule has 20 heavy (non-hydrogen) atoms. The van der Waals surface area contributed by atoms with Gasteiger partial charge >= 0.3 is 0 Å². The van der Waals surface area contributed by atoms with Crippen molar-refractivity contribution in [2.24, 2.45) is 0 Å². The van der Waals surface area contributed by atoms with E-state index >= 15 is 0 Å². The van der Waals surface area contributed by atoms with Gasteiger partial charge in [-0.1, -0.05) is 18.2 Å². The molecule has 0 aliphatic rings. The van der Waals surface area contributed by atoms with Crippen molar-refractivity contribution in [3.8, 4) is 0 Å². The Morgan fingerprint density at radius 2 is 2.10 bits per heavy atom. The summed E-state index contributed by atoms with van der Waals surface area (Å²) in [7, 11) is 2.04. The number of para-hydroxylation sites is 1. The number of benzene rings is 1. The van der Waals surface area contributed by atoms with Crippen LogP contribution in [0.3, 0.4) is 0 Å². The molecule has 0 radical (unpaired) electrons. The topological polar surface area (TPSA) is 73.9 Å². The molecule has 2 N–H and O–H groups in total. The number of nitrogens with zero attached hydrogens (tertiary/aromatic N) is 3. The minimum absolute atomic E-state index is 0.193. The van der Waals surface area contributed by atoms with Crippen LogP contribution in [-0.4, -0.2) is 41.2 Å². The lowest BCUT2D eigenvalue weighted by molar-refractivity contribution is 0.0943. The van der Waals surface area contributed by atoms with E-state index in [2.05, 4.69) is 37.5 Å². The first kappa shape index (κ1) is 14.0. The van der Waals surface area contributed by atoms with Crippen LogP contribution in [0.4, 0.5) is 5.69 Å². The van der Waals surface area contributed by atoms with Crippen LogP contribution in [0.15, 0.2) is 30.3 Å². The molecule has 0 aliphatic carbocycles. The zero-order valence-electron chi connectivity index (χ0n) is 11.8. The first-order chi connectivity index (χ1) is 9.66. The van der Waals surface area contributed by atoms with Crippen molar-refractivity contribution < 1.29 is 4.79 Å². The SMILES string of the molecule is Cc1nc(C(=O)NCCCN(C)c2ccccc2)n[nH]1. The fourth-order valence-electron chi connectivity index (χ4n) is 1.85. The van der Waals surface area contributed by atoms with Gasteiger partial charge in [-0.15, -0.1) is 5.10 Å². The van der Waals surface area contributed by atoms with Crippen LogP contribution in [0.1, 0.15) is 22.9 Å². The summed E-state index contributed by atoms with van der Waals surface area (Å²) in [6.45, 7) is 3.24. The summed E-state index contributed by atoms with van der Waals surface area (Å²) in [4.78, 5) is 17.8. The van der Waals surface area contributed by atoms with Gasteiger partial charge in [-0.3, -0.25) is 9.89 Å². The van der Waals surface area contributed by atoms with Crippen molar-refractivity contribution in [3.63, 3.8) is 0 Å². The quantitative estimate of drug-likeness (QED) is 0.780. The third-order valence-electron chi connectivity index (χ3n) is 2.95. The molecule has 0 saturated carbocycles. The Morgan fingerprint density at radius 3 is 2.75 bits per heavy atom. The highest BCUT2D eigenvalue weighted by atomic mass is 16.2. The number of anilines is 1. The van der Waals surface area contributed by atoms with E-state index in [1.807, 2.05) is 25.2 Å². The molecule has 6 nitrogen and oxygen atoms in total. The number of H-pyrrole nitrogens is 1. The molecule has 0 bridgehead atoms. The summed E-state index contributed by atoms with van der Waals surface area (Å²) in [5.41, 5.74) is 1.17. The second-order valence-corrected chi connectivity index (χ2v) is 4.61. The molecule has 1 heterocycles. The maximum absolute atomic E-state index is 11.7. The first-order valence-electron chi connectivity index (χ1n) is 6.60. The monoisotopic (exact) mass is 273 g/mol. The Bertz CT molecular complexity index is 552. The lowest BCUT2D eigenvalue weighted by atomic mass is 10.3. The van der Waals surface area contributed by atoms with E-state index in [4.69, 9.17) is 0 Å². The van der Waals surface area contributed by atoms with Crippen LogP contribution in [-0.2, 0) is 0 Å². The maximum Gasteiger partial charge on any atom is 0.290 e. The standard InChI is InChI=1S/C14H19N5O/c1-11-16-13(18-17-11)14(20)15-9-6-10-19(2)12-7-4-3-5-8-12/h3-5,7-8H,6,9-10H2,1-2H3,(H,15,20)(H,16,17,18). The van der Waals surface area contributed by atoms with Crippen LogP contribution < -0.4 is 10.2 Å². The van der Waals surface area contributed by atoms with Gasteiger partial charge in [-0.05, 0) is 25.5 Å².